The van der Waals surface area contributed by atoms with Gasteiger partial charge < -0.3 is 20.1 Å². The van der Waals surface area contributed by atoms with Crippen LogP contribution in [0.25, 0.3) is 0 Å². The first-order chi connectivity index (χ1) is 8.79. The molecule has 1 fully saturated rings. The van der Waals surface area contributed by atoms with Gasteiger partial charge in [0.1, 0.15) is 5.60 Å². The van der Waals surface area contributed by atoms with Crippen LogP contribution in [0.3, 0.4) is 0 Å². The number of nitrogens with one attached hydrogen (secondary N) is 2. The third-order valence-electron chi connectivity index (χ3n) is 3.15. The van der Waals surface area contributed by atoms with E-state index in [1.165, 1.54) is 7.11 Å². The number of esters is 1. The van der Waals surface area contributed by atoms with E-state index in [4.69, 9.17) is 9.47 Å². The van der Waals surface area contributed by atoms with Gasteiger partial charge in [-0.05, 0) is 46.7 Å². The van der Waals surface area contributed by atoms with Crippen molar-refractivity contribution in [3.05, 3.63) is 0 Å². The van der Waals surface area contributed by atoms with E-state index in [2.05, 4.69) is 10.6 Å². The van der Waals surface area contributed by atoms with Crippen molar-refractivity contribution in [3.63, 3.8) is 0 Å². The smallest absolute Gasteiger partial charge is 0.407 e. The molecule has 0 atom stereocenters. The van der Waals surface area contributed by atoms with Crippen molar-refractivity contribution in [2.45, 2.75) is 39.2 Å². The van der Waals surface area contributed by atoms with Gasteiger partial charge in [0.05, 0.1) is 12.5 Å². The van der Waals surface area contributed by atoms with Crippen molar-refractivity contribution in [2.75, 3.05) is 26.7 Å². The normalized spacial score (nSPS) is 18.5. The van der Waals surface area contributed by atoms with Crippen molar-refractivity contribution in [1.82, 2.24) is 10.6 Å². The van der Waals surface area contributed by atoms with Gasteiger partial charge in [-0.1, -0.05) is 0 Å². The molecule has 1 aliphatic rings. The predicted molar refractivity (Wildman–Crippen MR) is 70.8 cm³/mol. The number of methoxy groups -OCH3 is 1. The van der Waals surface area contributed by atoms with Crippen molar-refractivity contribution >= 4 is 12.1 Å². The lowest BCUT2D eigenvalue weighted by atomic mass is 9.79. The highest BCUT2D eigenvalue weighted by Gasteiger charge is 2.41. The van der Waals surface area contributed by atoms with Gasteiger partial charge in [-0.25, -0.2) is 4.79 Å². The van der Waals surface area contributed by atoms with Crippen molar-refractivity contribution in [3.8, 4) is 0 Å². The highest BCUT2D eigenvalue weighted by Crippen LogP contribution is 2.29. The van der Waals surface area contributed by atoms with Crippen molar-refractivity contribution in [2.24, 2.45) is 5.41 Å². The van der Waals surface area contributed by atoms with E-state index >= 15 is 0 Å². The Balaban J connectivity index is 2.59. The second-order valence-electron chi connectivity index (χ2n) is 5.88. The highest BCUT2D eigenvalue weighted by atomic mass is 16.6. The maximum Gasteiger partial charge on any atom is 0.407 e. The SMILES string of the molecule is COC(=O)C1(CNC(=O)OC(C)(C)C)CCNCC1. The van der Waals surface area contributed by atoms with Gasteiger partial charge in [0.15, 0.2) is 0 Å². The predicted octanol–water partition coefficient (Wildman–Crippen LogP) is 1.05. The number of amides is 1. The number of alkyl carbamates (subject to hydrolysis) is 1. The van der Waals surface area contributed by atoms with Gasteiger partial charge in [0, 0.05) is 6.54 Å². The van der Waals surface area contributed by atoms with Crippen molar-refractivity contribution in [1.29, 1.82) is 0 Å². The van der Waals surface area contributed by atoms with Crippen LogP contribution in [0.15, 0.2) is 0 Å². The lowest BCUT2D eigenvalue weighted by molar-refractivity contribution is -0.154. The Morgan fingerprint density at radius 2 is 1.84 bits per heavy atom. The average molecular weight is 272 g/mol. The van der Waals surface area contributed by atoms with E-state index in [1.807, 2.05) is 0 Å². The first-order valence-corrected chi connectivity index (χ1v) is 6.55. The minimum atomic E-state index is -0.642. The van der Waals surface area contributed by atoms with Gasteiger partial charge in [-0.3, -0.25) is 4.79 Å². The van der Waals surface area contributed by atoms with Gasteiger partial charge in [-0.15, -0.1) is 0 Å². The van der Waals surface area contributed by atoms with Crippen LogP contribution in [-0.4, -0.2) is 44.4 Å². The fraction of sp³-hybridized carbons (Fsp3) is 0.846. The molecule has 0 aliphatic carbocycles. The maximum atomic E-state index is 11.9. The Kier molecular flexibility index (Phi) is 5.17. The Morgan fingerprint density at radius 3 is 2.32 bits per heavy atom. The standard InChI is InChI=1S/C13H24N2O4/c1-12(2,3)19-11(17)15-9-13(10(16)18-4)5-7-14-8-6-13/h14H,5-9H2,1-4H3,(H,15,17). The van der Waals surface area contributed by atoms with Crippen LogP contribution in [0.1, 0.15) is 33.6 Å². The van der Waals surface area contributed by atoms with Gasteiger partial charge in [0.25, 0.3) is 0 Å². The summed E-state index contributed by atoms with van der Waals surface area (Å²) in [5, 5.41) is 5.87. The molecular formula is C13H24N2O4. The molecule has 0 saturated carbocycles. The highest BCUT2D eigenvalue weighted by molar-refractivity contribution is 5.78. The van der Waals surface area contributed by atoms with Crippen LogP contribution in [0.5, 0.6) is 0 Å². The monoisotopic (exact) mass is 272 g/mol. The zero-order valence-electron chi connectivity index (χ0n) is 12.2. The number of rotatable bonds is 3. The zero-order valence-corrected chi connectivity index (χ0v) is 12.2. The summed E-state index contributed by atoms with van der Waals surface area (Å²) in [5.41, 5.74) is -1.19. The summed E-state index contributed by atoms with van der Waals surface area (Å²) in [6.07, 6.45) is 0.791. The minimum absolute atomic E-state index is 0.246. The molecule has 1 saturated heterocycles. The Bertz CT molecular complexity index is 330. The molecule has 0 spiro atoms. The summed E-state index contributed by atoms with van der Waals surface area (Å²) in [6, 6.07) is 0. The zero-order chi connectivity index (χ0) is 14.5. The van der Waals surface area contributed by atoms with Crippen LogP contribution in [0.4, 0.5) is 4.79 Å². The molecule has 1 heterocycles. The summed E-state index contributed by atoms with van der Waals surface area (Å²) < 4.78 is 10.0. The number of carbonyl (C=O) groups is 2. The molecule has 110 valence electrons. The number of hydrogen-bond donors (Lipinski definition) is 2. The largest absolute Gasteiger partial charge is 0.469 e. The van der Waals surface area contributed by atoms with E-state index < -0.39 is 17.1 Å². The Hall–Kier alpha value is -1.30. The molecule has 0 unspecified atom stereocenters. The molecule has 0 aromatic heterocycles. The number of piperidine rings is 1. The molecule has 1 aliphatic heterocycles. The molecule has 0 radical (unpaired) electrons. The summed E-state index contributed by atoms with van der Waals surface area (Å²) in [7, 11) is 1.37. The fourth-order valence-corrected chi connectivity index (χ4v) is 2.13. The summed E-state index contributed by atoms with van der Waals surface area (Å²) >= 11 is 0. The molecule has 19 heavy (non-hydrogen) atoms. The summed E-state index contributed by atoms with van der Waals surface area (Å²) in [6.45, 7) is 7.13. The van der Waals surface area contributed by atoms with Gasteiger partial charge in [-0.2, -0.15) is 0 Å². The lowest BCUT2D eigenvalue weighted by Gasteiger charge is -2.35. The van der Waals surface area contributed by atoms with E-state index in [0.29, 0.717) is 12.8 Å². The van der Waals surface area contributed by atoms with Gasteiger partial charge in [0.2, 0.25) is 0 Å². The van der Waals surface area contributed by atoms with E-state index in [0.717, 1.165) is 13.1 Å². The minimum Gasteiger partial charge on any atom is -0.469 e. The van der Waals surface area contributed by atoms with Crippen LogP contribution in [0, 0.1) is 5.41 Å². The van der Waals surface area contributed by atoms with Crippen molar-refractivity contribution < 1.29 is 19.1 Å². The van der Waals surface area contributed by atoms with E-state index in [9.17, 15) is 9.59 Å². The fourth-order valence-electron chi connectivity index (χ4n) is 2.13. The summed E-state index contributed by atoms with van der Waals surface area (Å²) in [5.74, 6) is -0.273. The van der Waals surface area contributed by atoms with Crippen LogP contribution in [-0.2, 0) is 14.3 Å². The quantitative estimate of drug-likeness (QED) is 0.751. The first-order valence-electron chi connectivity index (χ1n) is 6.55. The van der Waals surface area contributed by atoms with Crippen LogP contribution >= 0.6 is 0 Å². The second-order valence-corrected chi connectivity index (χ2v) is 5.88. The molecule has 2 N–H and O–H groups in total. The van der Waals surface area contributed by atoms with Crippen LogP contribution < -0.4 is 10.6 Å². The number of hydrogen-bond acceptors (Lipinski definition) is 5. The molecule has 6 nitrogen and oxygen atoms in total. The third kappa shape index (κ3) is 4.70. The lowest BCUT2D eigenvalue weighted by Crippen LogP contribution is -2.50. The molecule has 6 heteroatoms. The Labute approximate surface area is 114 Å². The summed E-state index contributed by atoms with van der Waals surface area (Å²) in [4.78, 5) is 23.6. The number of ether oxygens (including phenoxy) is 2. The molecular weight excluding hydrogens is 248 g/mol. The third-order valence-corrected chi connectivity index (χ3v) is 3.15. The molecule has 1 amide bonds. The number of carbonyl (C=O) groups excluding carboxylic acids is 2. The molecule has 1 rings (SSSR count). The van der Waals surface area contributed by atoms with Crippen LogP contribution in [0.2, 0.25) is 0 Å². The van der Waals surface area contributed by atoms with Gasteiger partial charge >= 0.3 is 12.1 Å². The second kappa shape index (κ2) is 6.23. The average Bonchev–Trinajstić information content (AvgIpc) is 2.34. The Morgan fingerprint density at radius 1 is 1.26 bits per heavy atom. The van der Waals surface area contributed by atoms with E-state index in [-0.39, 0.29) is 12.5 Å². The molecule has 0 bridgehead atoms. The first kappa shape index (κ1) is 15.8. The maximum absolute atomic E-state index is 11.9. The topological polar surface area (TPSA) is 76.7 Å². The molecule has 0 aromatic carbocycles. The van der Waals surface area contributed by atoms with E-state index in [1.54, 1.807) is 20.8 Å². The molecule has 0 aromatic rings.